The third-order valence-corrected chi connectivity index (χ3v) is 2.97. The van der Waals surface area contributed by atoms with Crippen LogP contribution < -0.4 is 0 Å². The highest BCUT2D eigenvalue weighted by molar-refractivity contribution is 9.09. The molecule has 0 heterocycles. The zero-order valence-corrected chi connectivity index (χ0v) is 13.2. The van der Waals surface area contributed by atoms with Crippen LogP contribution in [0.1, 0.15) is 40.5 Å². The van der Waals surface area contributed by atoms with E-state index in [4.69, 9.17) is 0 Å². The Labute approximate surface area is 109 Å². The molecule has 0 spiro atoms. The van der Waals surface area contributed by atoms with Crippen molar-refractivity contribution >= 4 is 32.9 Å². The second kappa shape index (κ2) is 10.4. The van der Waals surface area contributed by atoms with Crippen molar-refractivity contribution in [1.29, 1.82) is 0 Å². The van der Waals surface area contributed by atoms with Crippen LogP contribution in [-0.2, 0) is 0 Å². The molecule has 1 nitrogen and oxygen atoms in total. The molecule has 0 radical (unpaired) electrons. The molecule has 0 N–H and O–H groups in total. The summed E-state index contributed by atoms with van der Waals surface area (Å²) >= 11 is 3.54. The Kier molecular flexibility index (Phi) is 12.9. The number of nitrogens with zero attached hydrogens (tertiary/aromatic N) is 1. The average Bonchev–Trinajstić information content (AvgIpc) is 2.05. The number of alkyl halides is 1. The first-order valence-electron chi connectivity index (χ1n) is 5.45. The highest BCUT2D eigenvalue weighted by Crippen LogP contribution is 2.15. The molecule has 0 bridgehead atoms. The molecule has 0 saturated heterocycles. The SMILES string of the molecule is Br.CCN(CC)C(CCBr)CC(C)C. The summed E-state index contributed by atoms with van der Waals surface area (Å²) in [6, 6.07) is 0.773. The molecule has 0 aliphatic carbocycles. The number of rotatable bonds is 7. The van der Waals surface area contributed by atoms with Gasteiger partial charge in [0.05, 0.1) is 0 Å². The average molecular weight is 331 g/mol. The summed E-state index contributed by atoms with van der Waals surface area (Å²) in [6.07, 6.45) is 2.60. The van der Waals surface area contributed by atoms with Crippen LogP contribution in [-0.4, -0.2) is 29.4 Å². The van der Waals surface area contributed by atoms with Crippen LogP contribution in [0.4, 0.5) is 0 Å². The Morgan fingerprint density at radius 2 is 1.64 bits per heavy atom. The van der Waals surface area contributed by atoms with E-state index in [0.717, 1.165) is 17.3 Å². The molecule has 0 aromatic carbocycles. The molecular formula is C11H25Br2N. The Hall–Kier alpha value is 0.920. The fourth-order valence-electron chi connectivity index (χ4n) is 1.86. The Morgan fingerprint density at radius 3 is 1.93 bits per heavy atom. The van der Waals surface area contributed by atoms with Gasteiger partial charge in [-0.1, -0.05) is 43.6 Å². The van der Waals surface area contributed by atoms with Gasteiger partial charge in [-0.3, -0.25) is 0 Å². The highest BCUT2D eigenvalue weighted by Gasteiger charge is 2.15. The molecule has 88 valence electrons. The van der Waals surface area contributed by atoms with Gasteiger partial charge in [0.2, 0.25) is 0 Å². The largest absolute Gasteiger partial charge is 0.301 e. The van der Waals surface area contributed by atoms with Gasteiger partial charge in [0.15, 0.2) is 0 Å². The summed E-state index contributed by atoms with van der Waals surface area (Å²) in [6.45, 7) is 11.5. The molecule has 0 aliphatic heterocycles. The van der Waals surface area contributed by atoms with Gasteiger partial charge in [-0.15, -0.1) is 17.0 Å². The Morgan fingerprint density at radius 1 is 1.14 bits per heavy atom. The summed E-state index contributed by atoms with van der Waals surface area (Å²) < 4.78 is 0. The van der Waals surface area contributed by atoms with Crippen molar-refractivity contribution in [2.75, 3.05) is 18.4 Å². The minimum atomic E-state index is 0. The van der Waals surface area contributed by atoms with Crippen LogP contribution in [0.25, 0.3) is 0 Å². The maximum absolute atomic E-state index is 3.54. The first kappa shape index (κ1) is 17.3. The van der Waals surface area contributed by atoms with Crippen molar-refractivity contribution in [3.63, 3.8) is 0 Å². The van der Waals surface area contributed by atoms with Crippen molar-refractivity contribution in [1.82, 2.24) is 4.90 Å². The van der Waals surface area contributed by atoms with Crippen LogP contribution in [0.3, 0.4) is 0 Å². The maximum Gasteiger partial charge on any atom is 0.0105 e. The fourth-order valence-corrected chi connectivity index (χ4v) is 2.39. The topological polar surface area (TPSA) is 3.24 Å². The van der Waals surface area contributed by atoms with Crippen molar-refractivity contribution in [2.24, 2.45) is 5.92 Å². The van der Waals surface area contributed by atoms with Gasteiger partial charge in [-0.25, -0.2) is 0 Å². The van der Waals surface area contributed by atoms with Gasteiger partial charge in [0.1, 0.15) is 0 Å². The maximum atomic E-state index is 3.54. The molecule has 0 aromatic heterocycles. The first-order valence-corrected chi connectivity index (χ1v) is 6.57. The molecule has 0 amide bonds. The standard InChI is InChI=1S/C11H24BrN.BrH/c1-5-13(6-2)11(7-8-12)9-10(3)4;/h10-11H,5-9H2,1-4H3;1H. The van der Waals surface area contributed by atoms with E-state index in [1.807, 2.05) is 0 Å². The summed E-state index contributed by atoms with van der Waals surface area (Å²) in [5.74, 6) is 0.810. The third kappa shape index (κ3) is 7.24. The molecule has 3 heteroatoms. The minimum Gasteiger partial charge on any atom is -0.301 e. The highest BCUT2D eigenvalue weighted by atomic mass is 79.9. The molecule has 0 rings (SSSR count). The second-order valence-corrected chi connectivity index (χ2v) is 4.78. The lowest BCUT2D eigenvalue weighted by Gasteiger charge is -2.30. The van der Waals surface area contributed by atoms with E-state index in [0.29, 0.717) is 0 Å². The van der Waals surface area contributed by atoms with Crippen molar-refractivity contribution < 1.29 is 0 Å². The zero-order valence-electron chi connectivity index (χ0n) is 9.92. The van der Waals surface area contributed by atoms with Crippen molar-refractivity contribution in [3.05, 3.63) is 0 Å². The quantitative estimate of drug-likeness (QED) is 0.635. The van der Waals surface area contributed by atoms with Gasteiger partial charge in [0.25, 0.3) is 0 Å². The molecule has 1 unspecified atom stereocenters. The van der Waals surface area contributed by atoms with Gasteiger partial charge >= 0.3 is 0 Å². The molecule has 0 saturated carbocycles. The lowest BCUT2D eigenvalue weighted by Crippen LogP contribution is -2.36. The third-order valence-electron chi connectivity index (χ3n) is 2.51. The molecule has 0 aromatic rings. The van der Waals surface area contributed by atoms with E-state index in [9.17, 15) is 0 Å². The smallest absolute Gasteiger partial charge is 0.0105 e. The van der Waals surface area contributed by atoms with Gasteiger partial charge in [0, 0.05) is 11.4 Å². The minimum absolute atomic E-state index is 0. The fraction of sp³-hybridized carbons (Fsp3) is 1.00. The predicted molar refractivity (Wildman–Crippen MR) is 74.9 cm³/mol. The molecule has 0 fully saturated rings. The lowest BCUT2D eigenvalue weighted by atomic mass is 10.0. The van der Waals surface area contributed by atoms with Crippen molar-refractivity contribution in [3.8, 4) is 0 Å². The van der Waals surface area contributed by atoms with Crippen LogP contribution in [0.2, 0.25) is 0 Å². The first-order chi connectivity index (χ1) is 6.15. The van der Waals surface area contributed by atoms with E-state index in [1.165, 1.54) is 25.9 Å². The van der Waals surface area contributed by atoms with E-state index >= 15 is 0 Å². The lowest BCUT2D eigenvalue weighted by molar-refractivity contribution is 0.187. The van der Waals surface area contributed by atoms with Gasteiger partial charge in [-0.2, -0.15) is 0 Å². The van der Waals surface area contributed by atoms with Gasteiger partial charge < -0.3 is 4.90 Å². The second-order valence-electron chi connectivity index (χ2n) is 3.98. The van der Waals surface area contributed by atoms with Crippen molar-refractivity contribution in [2.45, 2.75) is 46.6 Å². The Balaban J connectivity index is 0. The summed E-state index contributed by atoms with van der Waals surface area (Å²) in [5, 5.41) is 1.13. The van der Waals surface area contributed by atoms with Crippen LogP contribution in [0.15, 0.2) is 0 Å². The summed E-state index contributed by atoms with van der Waals surface area (Å²) in [5.41, 5.74) is 0. The molecule has 0 aliphatic rings. The monoisotopic (exact) mass is 329 g/mol. The number of hydrogen-bond acceptors (Lipinski definition) is 1. The van der Waals surface area contributed by atoms with E-state index in [2.05, 4.69) is 48.5 Å². The van der Waals surface area contributed by atoms with Crippen LogP contribution in [0.5, 0.6) is 0 Å². The van der Waals surface area contributed by atoms with Gasteiger partial charge in [-0.05, 0) is 31.8 Å². The number of halogens is 2. The Bertz CT molecular complexity index is 114. The predicted octanol–water partition coefficient (Wildman–Crippen LogP) is 4.11. The summed E-state index contributed by atoms with van der Waals surface area (Å²) in [7, 11) is 0. The van der Waals surface area contributed by atoms with E-state index in [1.54, 1.807) is 0 Å². The molecular weight excluding hydrogens is 306 g/mol. The molecule has 14 heavy (non-hydrogen) atoms. The molecule has 1 atom stereocenters. The van der Waals surface area contributed by atoms with Crippen LogP contribution in [0, 0.1) is 5.92 Å². The number of hydrogen-bond donors (Lipinski definition) is 0. The normalized spacial score (nSPS) is 13.1. The summed E-state index contributed by atoms with van der Waals surface area (Å²) in [4.78, 5) is 2.57. The zero-order chi connectivity index (χ0) is 10.3. The van der Waals surface area contributed by atoms with E-state index < -0.39 is 0 Å². The van der Waals surface area contributed by atoms with E-state index in [-0.39, 0.29) is 17.0 Å². The van der Waals surface area contributed by atoms with Crippen LogP contribution >= 0.6 is 32.9 Å².